The zero-order chi connectivity index (χ0) is 20.3. The van der Waals surface area contributed by atoms with E-state index in [0.29, 0.717) is 35.5 Å². The highest BCUT2D eigenvalue weighted by molar-refractivity contribution is 5.66. The molecule has 28 heavy (non-hydrogen) atoms. The Kier molecular flexibility index (Phi) is 5.36. The fraction of sp³-hybridized carbons (Fsp3) is 0.958. The number of aliphatic carboxylic acids is 1. The van der Waals surface area contributed by atoms with Gasteiger partial charge in [0.15, 0.2) is 0 Å². The molecular formula is C24H40O4. The summed E-state index contributed by atoms with van der Waals surface area (Å²) >= 11 is 0. The molecule has 2 unspecified atom stereocenters. The highest BCUT2D eigenvalue weighted by atomic mass is 16.4. The molecule has 0 saturated heterocycles. The minimum atomic E-state index is -0.707. The minimum Gasteiger partial charge on any atom is -0.481 e. The number of aliphatic hydroxyl groups is 2. The van der Waals surface area contributed by atoms with Gasteiger partial charge >= 0.3 is 5.97 Å². The van der Waals surface area contributed by atoms with E-state index in [4.69, 9.17) is 5.11 Å². The Balaban J connectivity index is 1.56. The van der Waals surface area contributed by atoms with Crippen molar-refractivity contribution in [1.29, 1.82) is 0 Å². The highest BCUT2D eigenvalue weighted by Gasteiger charge is 2.63. The van der Waals surface area contributed by atoms with Gasteiger partial charge in [-0.05, 0) is 104 Å². The quantitative estimate of drug-likeness (QED) is 0.659. The molecule has 0 aromatic carbocycles. The van der Waals surface area contributed by atoms with Crippen LogP contribution in [0.5, 0.6) is 0 Å². The molecule has 160 valence electrons. The lowest BCUT2D eigenvalue weighted by molar-refractivity contribution is -0.175. The summed E-state index contributed by atoms with van der Waals surface area (Å²) in [5.74, 6) is 2.55. The molecule has 0 spiro atoms. The average molecular weight is 393 g/mol. The summed E-state index contributed by atoms with van der Waals surface area (Å²) in [6.45, 7) is 6.99. The minimum absolute atomic E-state index is 0.0591. The summed E-state index contributed by atoms with van der Waals surface area (Å²) in [6, 6.07) is 0. The molecule has 3 N–H and O–H groups in total. The standard InChI is InChI=1S/C24H40O4/c1-14(4-9-22(27)28)18-7-8-19-17-6-5-15-12-16(25)10-11-23(15,2)20(17)13-21(26)24(18,19)3/h14-21,25-26H,4-13H2,1-3H3,(H,27,28)/t14-,15-,16-,17+,18-,19+,20?,21?,23+,24-/m1/s1. The summed E-state index contributed by atoms with van der Waals surface area (Å²) in [4.78, 5) is 11.1. The van der Waals surface area contributed by atoms with Crippen molar-refractivity contribution < 1.29 is 20.1 Å². The van der Waals surface area contributed by atoms with E-state index in [0.717, 1.165) is 38.5 Å². The second-order valence-electron chi connectivity index (χ2n) is 11.3. The number of carboxylic acid groups (broad SMARTS) is 1. The van der Waals surface area contributed by atoms with Crippen LogP contribution in [0.2, 0.25) is 0 Å². The molecule has 0 radical (unpaired) electrons. The molecule has 0 aliphatic heterocycles. The molecule has 0 bridgehead atoms. The van der Waals surface area contributed by atoms with Gasteiger partial charge in [0, 0.05) is 6.42 Å². The smallest absolute Gasteiger partial charge is 0.303 e. The predicted molar refractivity (Wildman–Crippen MR) is 109 cm³/mol. The van der Waals surface area contributed by atoms with E-state index in [-0.39, 0.29) is 29.5 Å². The van der Waals surface area contributed by atoms with Crippen LogP contribution >= 0.6 is 0 Å². The van der Waals surface area contributed by atoms with Gasteiger partial charge in [0.1, 0.15) is 0 Å². The summed E-state index contributed by atoms with van der Waals surface area (Å²) in [5.41, 5.74) is 0.216. The Morgan fingerprint density at radius 1 is 1.04 bits per heavy atom. The van der Waals surface area contributed by atoms with Crippen LogP contribution in [0, 0.1) is 46.3 Å². The van der Waals surface area contributed by atoms with E-state index in [1.54, 1.807) is 0 Å². The van der Waals surface area contributed by atoms with Gasteiger partial charge in [-0.15, -0.1) is 0 Å². The monoisotopic (exact) mass is 392 g/mol. The SMILES string of the molecule is C[C@H](CCC(=O)O)[C@H]1CC[C@H]2[C@@H]3CC[C@@H]4C[C@H](O)CC[C@]4(C)C3CC(O)[C@]12C. The van der Waals surface area contributed by atoms with Crippen LogP contribution in [-0.2, 0) is 4.79 Å². The van der Waals surface area contributed by atoms with Gasteiger partial charge in [-0.3, -0.25) is 4.79 Å². The third-order valence-electron chi connectivity index (χ3n) is 10.3. The zero-order valence-corrected chi connectivity index (χ0v) is 17.9. The van der Waals surface area contributed by atoms with Gasteiger partial charge in [0.25, 0.3) is 0 Å². The van der Waals surface area contributed by atoms with Crippen molar-refractivity contribution in [2.45, 2.75) is 97.2 Å². The molecule has 0 aromatic rings. The molecule has 4 nitrogen and oxygen atoms in total. The van der Waals surface area contributed by atoms with Crippen LogP contribution in [0.1, 0.15) is 85.0 Å². The molecular weight excluding hydrogens is 352 g/mol. The Bertz CT molecular complexity index is 605. The highest BCUT2D eigenvalue weighted by Crippen LogP contribution is 2.68. The van der Waals surface area contributed by atoms with Crippen LogP contribution in [0.15, 0.2) is 0 Å². The summed E-state index contributed by atoms with van der Waals surface area (Å²) in [7, 11) is 0. The Labute approximate surface area is 170 Å². The summed E-state index contributed by atoms with van der Waals surface area (Å²) in [6.07, 6.45) is 9.26. The molecule has 0 heterocycles. The maximum atomic E-state index is 11.5. The molecule has 4 saturated carbocycles. The van der Waals surface area contributed by atoms with Crippen molar-refractivity contribution in [3.8, 4) is 0 Å². The Morgan fingerprint density at radius 2 is 1.79 bits per heavy atom. The summed E-state index contributed by atoms with van der Waals surface area (Å²) in [5, 5.41) is 30.8. The van der Waals surface area contributed by atoms with Crippen molar-refractivity contribution in [2.75, 3.05) is 0 Å². The molecule has 0 amide bonds. The molecule has 0 aromatic heterocycles. The fourth-order valence-electron chi connectivity index (χ4n) is 8.71. The van der Waals surface area contributed by atoms with E-state index in [1.807, 2.05) is 0 Å². The Hall–Kier alpha value is -0.610. The lowest BCUT2D eigenvalue weighted by Gasteiger charge is -2.62. The van der Waals surface area contributed by atoms with Crippen LogP contribution in [0.25, 0.3) is 0 Å². The van der Waals surface area contributed by atoms with E-state index in [9.17, 15) is 15.0 Å². The van der Waals surface area contributed by atoms with E-state index < -0.39 is 5.97 Å². The summed E-state index contributed by atoms with van der Waals surface area (Å²) < 4.78 is 0. The topological polar surface area (TPSA) is 77.8 Å². The predicted octanol–water partition coefficient (Wildman–Crippen LogP) is 4.48. The first-order valence-corrected chi connectivity index (χ1v) is 11.8. The lowest BCUT2D eigenvalue weighted by Crippen LogP contribution is -2.58. The molecule has 4 rings (SSSR count). The van der Waals surface area contributed by atoms with E-state index in [1.165, 1.54) is 19.3 Å². The van der Waals surface area contributed by atoms with Gasteiger partial charge in [-0.1, -0.05) is 20.8 Å². The number of carbonyl (C=O) groups is 1. The van der Waals surface area contributed by atoms with Gasteiger partial charge in [-0.25, -0.2) is 0 Å². The van der Waals surface area contributed by atoms with Crippen LogP contribution in [0.4, 0.5) is 0 Å². The number of fused-ring (bicyclic) bond motifs is 5. The van der Waals surface area contributed by atoms with Gasteiger partial charge in [-0.2, -0.15) is 0 Å². The number of aliphatic hydroxyl groups excluding tert-OH is 2. The lowest BCUT2D eigenvalue weighted by atomic mass is 9.43. The molecule has 4 aliphatic carbocycles. The first-order valence-electron chi connectivity index (χ1n) is 11.8. The number of hydrogen-bond acceptors (Lipinski definition) is 3. The Morgan fingerprint density at radius 3 is 2.50 bits per heavy atom. The fourth-order valence-corrected chi connectivity index (χ4v) is 8.71. The second-order valence-corrected chi connectivity index (χ2v) is 11.3. The van der Waals surface area contributed by atoms with Gasteiger partial charge in [0.2, 0.25) is 0 Å². The van der Waals surface area contributed by atoms with Crippen LogP contribution in [0.3, 0.4) is 0 Å². The normalized spacial score (nSPS) is 51.7. The molecule has 4 fully saturated rings. The number of rotatable bonds is 4. The largest absolute Gasteiger partial charge is 0.481 e. The first-order chi connectivity index (χ1) is 13.2. The second kappa shape index (κ2) is 7.27. The van der Waals surface area contributed by atoms with Crippen molar-refractivity contribution in [1.82, 2.24) is 0 Å². The van der Waals surface area contributed by atoms with Crippen molar-refractivity contribution >= 4 is 5.97 Å². The van der Waals surface area contributed by atoms with Crippen LogP contribution in [-0.4, -0.2) is 33.5 Å². The number of carboxylic acids is 1. The van der Waals surface area contributed by atoms with Crippen molar-refractivity contribution in [2.24, 2.45) is 46.3 Å². The van der Waals surface area contributed by atoms with E-state index >= 15 is 0 Å². The van der Waals surface area contributed by atoms with E-state index in [2.05, 4.69) is 20.8 Å². The van der Waals surface area contributed by atoms with Crippen LogP contribution < -0.4 is 0 Å². The molecule has 10 atom stereocenters. The van der Waals surface area contributed by atoms with Crippen molar-refractivity contribution in [3.05, 3.63) is 0 Å². The molecule has 4 heteroatoms. The van der Waals surface area contributed by atoms with Gasteiger partial charge in [0.05, 0.1) is 12.2 Å². The maximum absolute atomic E-state index is 11.5. The maximum Gasteiger partial charge on any atom is 0.303 e. The third-order valence-corrected chi connectivity index (χ3v) is 10.3. The third kappa shape index (κ3) is 3.05. The van der Waals surface area contributed by atoms with Gasteiger partial charge < -0.3 is 15.3 Å². The zero-order valence-electron chi connectivity index (χ0n) is 17.9. The van der Waals surface area contributed by atoms with Crippen molar-refractivity contribution in [3.63, 3.8) is 0 Å². The molecule has 4 aliphatic rings. The first kappa shape index (κ1) is 20.7. The average Bonchev–Trinajstić information content (AvgIpc) is 3.00. The number of hydrogen-bond donors (Lipinski definition) is 3.